The summed E-state index contributed by atoms with van der Waals surface area (Å²) in [7, 11) is 0. The molecule has 2 nitrogen and oxygen atoms in total. The number of piperidine rings is 1. The van der Waals surface area contributed by atoms with Crippen molar-refractivity contribution in [1.29, 1.82) is 0 Å². The lowest BCUT2D eigenvalue weighted by molar-refractivity contribution is 0.0309. The number of hydrogen-bond donors (Lipinski definition) is 1. The lowest BCUT2D eigenvalue weighted by Gasteiger charge is -2.41. The van der Waals surface area contributed by atoms with Gasteiger partial charge in [-0.2, -0.15) is 0 Å². The van der Waals surface area contributed by atoms with Crippen LogP contribution in [-0.2, 0) is 6.54 Å². The van der Waals surface area contributed by atoms with E-state index in [1.165, 1.54) is 12.1 Å². The van der Waals surface area contributed by atoms with Gasteiger partial charge in [0, 0.05) is 23.5 Å². The molecule has 1 atom stereocenters. The summed E-state index contributed by atoms with van der Waals surface area (Å²) in [6, 6.07) is 4.53. The Balaban J connectivity index is 2.07. The van der Waals surface area contributed by atoms with Crippen molar-refractivity contribution in [2.45, 2.75) is 25.8 Å². The highest BCUT2D eigenvalue weighted by Crippen LogP contribution is 2.34. The lowest BCUT2D eigenvalue weighted by atomic mass is 9.78. The van der Waals surface area contributed by atoms with Gasteiger partial charge in [0.2, 0.25) is 0 Å². The van der Waals surface area contributed by atoms with Crippen LogP contribution in [0.2, 0.25) is 5.02 Å². The molecule has 4 heteroatoms. The highest BCUT2D eigenvalue weighted by molar-refractivity contribution is 6.31. The predicted molar refractivity (Wildman–Crippen MR) is 80.3 cm³/mol. The van der Waals surface area contributed by atoms with Crippen molar-refractivity contribution in [3.8, 4) is 0 Å². The Labute approximate surface area is 124 Å². The third-order valence-corrected chi connectivity index (χ3v) is 4.41. The van der Waals surface area contributed by atoms with Gasteiger partial charge < -0.3 is 5.11 Å². The summed E-state index contributed by atoms with van der Waals surface area (Å²) in [4.78, 5) is 2.28. The van der Waals surface area contributed by atoms with E-state index in [1.807, 2.05) is 6.08 Å². The fourth-order valence-electron chi connectivity index (χ4n) is 3.00. The van der Waals surface area contributed by atoms with Gasteiger partial charge in [0.25, 0.3) is 0 Å². The normalized spacial score (nSPS) is 23.8. The first-order valence-electron chi connectivity index (χ1n) is 6.97. The first-order chi connectivity index (χ1) is 9.58. The predicted octanol–water partition coefficient (Wildman–Crippen LogP) is 3.63. The standard InChI is InChI=1S/C16H21ClFNO/c1-2-6-16(12-20)7-3-8-19(11-16)10-13-4-5-14(18)9-15(13)17/h2,4-5,9,20H,1,3,6-8,10-12H2. The van der Waals surface area contributed by atoms with Crippen molar-refractivity contribution in [1.82, 2.24) is 4.90 Å². The molecule has 1 aliphatic rings. The number of aliphatic hydroxyl groups excluding tert-OH is 1. The molecule has 0 aliphatic carbocycles. The molecule has 20 heavy (non-hydrogen) atoms. The molecule has 0 aromatic heterocycles. The molecule has 0 spiro atoms. The van der Waals surface area contributed by atoms with Crippen LogP contribution >= 0.6 is 11.6 Å². The second kappa shape index (κ2) is 6.70. The summed E-state index contributed by atoms with van der Waals surface area (Å²) in [6.45, 7) is 6.46. The van der Waals surface area contributed by atoms with Gasteiger partial charge in [0.05, 0.1) is 6.61 Å². The first-order valence-corrected chi connectivity index (χ1v) is 7.34. The molecule has 1 aliphatic heterocycles. The minimum Gasteiger partial charge on any atom is -0.396 e. The van der Waals surface area contributed by atoms with E-state index in [1.54, 1.807) is 6.07 Å². The zero-order chi connectivity index (χ0) is 14.6. The number of likely N-dealkylation sites (tertiary alicyclic amines) is 1. The van der Waals surface area contributed by atoms with E-state index in [-0.39, 0.29) is 17.8 Å². The molecule has 1 N–H and O–H groups in total. The van der Waals surface area contributed by atoms with Gasteiger partial charge in [-0.25, -0.2) is 4.39 Å². The number of aliphatic hydroxyl groups is 1. The highest BCUT2D eigenvalue weighted by Gasteiger charge is 2.33. The summed E-state index contributed by atoms with van der Waals surface area (Å²) < 4.78 is 13.1. The van der Waals surface area contributed by atoms with Crippen molar-refractivity contribution in [3.05, 3.63) is 47.3 Å². The molecule has 0 radical (unpaired) electrons. The molecule has 1 aromatic carbocycles. The van der Waals surface area contributed by atoms with Gasteiger partial charge in [0.1, 0.15) is 5.82 Å². The Kier molecular flexibility index (Phi) is 5.19. The fourth-order valence-corrected chi connectivity index (χ4v) is 3.23. The summed E-state index contributed by atoms with van der Waals surface area (Å²) >= 11 is 6.08. The lowest BCUT2D eigenvalue weighted by Crippen LogP contribution is -2.44. The van der Waals surface area contributed by atoms with Crippen LogP contribution in [0.25, 0.3) is 0 Å². The molecule has 110 valence electrons. The van der Waals surface area contributed by atoms with Gasteiger partial charge in [0.15, 0.2) is 0 Å². The average molecular weight is 298 g/mol. The largest absolute Gasteiger partial charge is 0.396 e. The average Bonchev–Trinajstić information content (AvgIpc) is 2.43. The third-order valence-electron chi connectivity index (χ3n) is 4.06. The number of rotatable bonds is 5. The zero-order valence-corrected chi connectivity index (χ0v) is 12.4. The third kappa shape index (κ3) is 3.60. The van der Waals surface area contributed by atoms with Crippen molar-refractivity contribution in [3.63, 3.8) is 0 Å². The molecule has 1 heterocycles. The fraction of sp³-hybridized carbons (Fsp3) is 0.500. The van der Waals surface area contributed by atoms with Crippen molar-refractivity contribution in [2.75, 3.05) is 19.7 Å². The number of hydrogen-bond acceptors (Lipinski definition) is 2. The van der Waals surface area contributed by atoms with E-state index >= 15 is 0 Å². The van der Waals surface area contributed by atoms with Crippen molar-refractivity contribution < 1.29 is 9.50 Å². The maximum absolute atomic E-state index is 13.1. The molecule has 0 amide bonds. The van der Waals surface area contributed by atoms with Gasteiger partial charge in [-0.1, -0.05) is 23.7 Å². The Morgan fingerprint density at radius 3 is 2.95 bits per heavy atom. The second-order valence-electron chi connectivity index (χ2n) is 5.70. The molecule has 1 fully saturated rings. The van der Waals surface area contributed by atoms with Crippen LogP contribution in [0, 0.1) is 11.2 Å². The topological polar surface area (TPSA) is 23.5 Å². The van der Waals surface area contributed by atoms with Crippen LogP contribution in [-0.4, -0.2) is 29.7 Å². The quantitative estimate of drug-likeness (QED) is 0.839. The van der Waals surface area contributed by atoms with Gasteiger partial charge in [-0.3, -0.25) is 4.90 Å². The van der Waals surface area contributed by atoms with E-state index < -0.39 is 0 Å². The number of nitrogens with zero attached hydrogens (tertiary/aromatic N) is 1. The molecule has 2 rings (SSSR count). The maximum Gasteiger partial charge on any atom is 0.124 e. The minimum absolute atomic E-state index is 0.0908. The summed E-state index contributed by atoms with van der Waals surface area (Å²) in [5.41, 5.74) is 0.840. The smallest absolute Gasteiger partial charge is 0.124 e. The summed E-state index contributed by atoms with van der Waals surface area (Å²) in [6.07, 6.45) is 4.76. The Morgan fingerprint density at radius 1 is 1.50 bits per heavy atom. The van der Waals surface area contributed by atoms with Crippen LogP contribution in [0.3, 0.4) is 0 Å². The Hall–Kier alpha value is -0.900. The van der Waals surface area contributed by atoms with Gasteiger partial charge in [-0.15, -0.1) is 6.58 Å². The highest BCUT2D eigenvalue weighted by atomic mass is 35.5. The molecule has 0 saturated carbocycles. The minimum atomic E-state index is -0.311. The SMILES string of the molecule is C=CCC1(CO)CCCN(Cc2ccc(F)cc2Cl)C1. The number of allylic oxidation sites excluding steroid dienone is 1. The maximum atomic E-state index is 13.1. The van der Waals surface area contributed by atoms with Crippen LogP contribution in [0.15, 0.2) is 30.9 Å². The van der Waals surface area contributed by atoms with Crippen molar-refractivity contribution in [2.24, 2.45) is 5.41 Å². The Morgan fingerprint density at radius 2 is 2.30 bits per heavy atom. The molecule has 0 bridgehead atoms. The van der Waals surface area contributed by atoms with Gasteiger partial charge in [-0.05, 0) is 43.5 Å². The molecular formula is C16H21ClFNO. The van der Waals surface area contributed by atoms with Crippen LogP contribution in [0.4, 0.5) is 4.39 Å². The Bertz CT molecular complexity index is 480. The van der Waals surface area contributed by atoms with E-state index in [4.69, 9.17) is 11.6 Å². The monoisotopic (exact) mass is 297 g/mol. The zero-order valence-electron chi connectivity index (χ0n) is 11.6. The van der Waals surface area contributed by atoms with E-state index in [9.17, 15) is 9.50 Å². The van der Waals surface area contributed by atoms with Gasteiger partial charge >= 0.3 is 0 Å². The molecule has 1 unspecified atom stereocenters. The van der Waals surface area contributed by atoms with Crippen LogP contribution in [0.5, 0.6) is 0 Å². The van der Waals surface area contributed by atoms with E-state index in [0.717, 1.165) is 37.9 Å². The first kappa shape index (κ1) is 15.5. The van der Waals surface area contributed by atoms with Crippen molar-refractivity contribution >= 4 is 11.6 Å². The molecular weight excluding hydrogens is 277 g/mol. The molecule has 1 saturated heterocycles. The van der Waals surface area contributed by atoms with Crippen LogP contribution < -0.4 is 0 Å². The van der Waals surface area contributed by atoms with E-state index in [0.29, 0.717) is 11.6 Å². The van der Waals surface area contributed by atoms with E-state index in [2.05, 4.69) is 11.5 Å². The van der Waals surface area contributed by atoms with Crippen LogP contribution in [0.1, 0.15) is 24.8 Å². The summed E-state index contributed by atoms with van der Waals surface area (Å²) in [5.74, 6) is -0.311. The number of halogens is 2. The number of benzene rings is 1. The molecule has 1 aromatic rings. The second-order valence-corrected chi connectivity index (χ2v) is 6.11. The summed E-state index contributed by atoms with van der Waals surface area (Å²) in [5, 5.41) is 10.2.